The molecule has 0 radical (unpaired) electrons. The Balaban J connectivity index is 1.72. The summed E-state index contributed by atoms with van der Waals surface area (Å²) >= 11 is 6.02. The molecule has 138 valence electrons. The van der Waals surface area contributed by atoms with Gasteiger partial charge < -0.3 is 14.1 Å². The van der Waals surface area contributed by atoms with Crippen LogP contribution in [0.2, 0.25) is 5.02 Å². The maximum Gasteiger partial charge on any atom is 0.311 e. The Kier molecular flexibility index (Phi) is 4.36. The summed E-state index contributed by atoms with van der Waals surface area (Å²) in [7, 11) is 1.33. The van der Waals surface area contributed by atoms with E-state index >= 15 is 0 Å². The van der Waals surface area contributed by atoms with Crippen LogP contribution in [0, 0.1) is 12.8 Å². The third-order valence-electron chi connectivity index (χ3n) is 4.84. The van der Waals surface area contributed by atoms with Gasteiger partial charge in [-0.25, -0.2) is 4.98 Å². The second-order valence-corrected chi connectivity index (χ2v) is 6.95. The number of halogens is 1. The molecule has 2 aromatic carbocycles. The Bertz CT molecular complexity index is 1060. The van der Waals surface area contributed by atoms with Crippen LogP contribution in [0.25, 0.3) is 22.6 Å². The van der Waals surface area contributed by atoms with Gasteiger partial charge in [0.2, 0.25) is 11.8 Å². The molecule has 1 amide bonds. The molecule has 0 aliphatic carbocycles. The molecule has 1 saturated heterocycles. The zero-order valence-corrected chi connectivity index (χ0v) is 15.6. The SMILES string of the molecule is COC(=O)[C@H]1CC(=O)N(c2cccc(-c3nc4cc(Cl)ccc4o3)c2C)C1. The number of anilines is 1. The van der Waals surface area contributed by atoms with Crippen LogP contribution in [0.4, 0.5) is 5.69 Å². The number of hydrogen-bond donors (Lipinski definition) is 0. The molecule has 0 unspecified atom stereocenters. The summed E-state index contributed by atoms with van der Waals surface area (Å²) in [5.74, 6) is -0.453. The first-order valence-electron chi connectivity index (χ1n) is 8.52. The number of nitrogens with zero attached hydrogens (tertiary/aromatic N) is 2. The van der Waals surface area contributed by atoms with E-state index in [-0.39, 0.29) is 18.3 Å². The number of ether oxygens (including phenoxy) is 1. The molecule has 27 heavy (non-hydrogen) atoms. The number of carbonyl (C=O) groups is 2. The number of fused-ring (bicyclic) bond motifs is 1. The Morgan fingerprint density at radius 3 is 2.93 bits per heavy atom. The highest BCUT2D eigenvalue weighted by Crippen LogP contribution is 2.35. The molecule has 0 bridgehead atoms. The van der Waals surface area contributed by atoms with E-state index in [9.17, 15) is 9.59 Å². The number of methoxy groups -OCH3 is 1. The highest BCUT2D eigenvalue weighted by molar-refractivity contribution is 6.31. The van der Waals surface area contributed by atoms with Crippen molar-refractivity contribution in [3.8, 4) is 11.5 Å². The third-order valence-corrected chi connectivity index (χ3v) is 5.07. The van der Waals surface area contributed by atoms with Crippen molar-refractivity contribution in [2.24, 2.45) is 5.92 Å². The number of benzene rings is 2. The Hall–Kier alpha value is -2.86. The van der Waals surface area contributed by atoms with E-state index in [1.807, 2.05) is 25.1 Å². The molecule has 1 aromatic heterocycles. The number of carbonyl (C=O) groups excluding carboxylic acids is 2. The molecule has 0 saturated carbocycles. The minimum atomic E-state index is -0.447. The van der Waals surface area contributed by atoms with E-state index in [0.29, 0.717) is 28.6 Å². The number of amides is 1. The van der Waals surface area contributed by atoms with Gasteiger partial charge in [0.15, 0.2) is 5.58 Å². The molecule has 7 heteroatoms. The Morgan fingerprint density at radius 2 is 2.15 bits per heavy atom. The maximum absolute atomic E-state index is 12.4. The van der Waals surface area contributed by atoms with Gasteiger partial charge in [-0.05, 0) is 42.8 Å². The monoisotopic (exact) mass is 384 g/mol. The van der Waals surface area contributed by atoms with Crippen LogP contribution in [0.5, 0.6) is 0 Å². The molecule has 1 atom stereocenters. The van der Waals surface area contributed by atoms with Crippen LogP contribution in [-0.2, 0) is 14.3 Å². The van der Waals surface area contributed by atoms with Crippen LogP contribution >= 0.6 is 11.6 Å². The lowest BCUT2D eigenvalue weighted by molar-refractivity contribution is -0.145. The highest BCUT2D eigenvalue weighted by atomic mass is 35.5. The molecular weight excluding hydrogens is 368 g/mol. The summed E-state index contributed by atoms with van der Waals surface area (Å²) in [4.78, 5) is 30.4. The van der Waals surface area contributed by atoms with Gasteiger partial charge >= 0.3 is 5.97 Å². The first-order valence-corrected chi connectivity index (χ1v) is 8.90. The lowest BCUT2D eigenvalue weighted by atomic mass is 10.1. The van der Waals surface area contributed by atoms with Crippen molar-refractivity contribution in [1.82, 2.24) is 4.98 Å². The van der Waals surface area contributed by atoms with Crippen molar-refractivity contribution in [3.63, 3.8) is 0 Å². The molecule has 1 aliphatic rings. The van der Waals surface area contributed by atoms with E-state index in [2.05, 4.69) is 4.98 Å². The first-order chi connectivity index (χ1) is 13.0. The topological polar surface area (TPSA) is 72.6 Å². The fraction of sp³-hybridized carbons (Fsp3) is 0.250. The number of hydrogen-bond acceptors (Lipinski definition) is 5. The zero-order chi connectivity index (χ0) is 19.1. The van der Waals surface area contributed by atoms with Gasteiger partial charge in [-0.3, -0.25) is 9.59 Å². The first kappa shape index (κ1) is 17.5. The molecule has 0 N–H and O–H groups in total. The van der Waals surface area contributed by atoms with Crippen molar-refractivity contribution < 1.29 is 18.7 Å². The summed E-state index contributed by atoms with van der Waals surface area (Å²) in [6.45, 7) is 2.21. The molecule has 4 rings (SSSR count). The summed E-state index contributed by atoms with van der Waals surface area (Å²) in [6.07, 6.45) is 0.151. The number of rotatable bonds is 3. The molecule has 3 aromatic rings. The van der Waals surface area contributed by atoms with Gasteiger partial charge in [-0.1, -0.05) is 17.7 Å². The maximum atomic E-state index is 12.4. The fourth-order valence-electron chi connectivity index (χ4n) is 3.43. The smallest absolute Gasteiger partial charge is 0.311 e. The molecule has 6 nitrogen and oxygen atoms in total. The van der Waals surface area contributed by atoms with Gasteiger partial charge in [0, 0.05) is 29.2 Å². The number of aromatic nitrogens is 1. The second-order valence-electron chi connectivity index (χ2n) is 6.51. The zero-order valence-electron chi connectivity index (χ0n) is 14.9. The molecule has 2 heterocycles. The highest BCUT2D eigenvalue weighted by Gasteiger charge is 2.36. The lowest BCUT2D eigenvalue weighted by Gasteiger charge is -2.20. The van der Waals surface area contributed by atoms with E-state index in [4.69, 9.17) is 20.8 Å². The van der Waals surface area contributed by atoms with Crippen molar-refractivity contribution in [1.29, 1.82) is 0 Å². The fourth-order valence-corrected chi connectivity index (χ4v) is 3.59. The third kappa shape index (κ3) is 3.06. The van der Waals surface area contributed by atoms with E-state index in [1.165, 1.54) is 7.11 Å². The minimum absolute atomic E-state index is 0.102. The van der Waals surface area contributed by atoms with Crippen molar-refractivity contribution >= 4 is 40.3 Å². The predicted octanol–water partition coefficient (Wildman–Crippen LogP) is 3.98. The normalized spacial score (nSPS) is 16.9. The van der Waals surface area contributed by atoms with E-state index in [1.54, 1.807) is 23.1 Å². The molecule has 0 spiro atoms. The average molecular weight is 385 g/mol. The molecular formula is C20H17ClN2O4. The molecule has 1 aliphatic heterocycles. The minimum Gasteiger partial charge on any atom is -0.469 e. The van der Waals surface area contributed by atoms with Gasteiger partial charge in [0.05, 0.1) is 13.0 Å². The number of esters is 1. The summed E-state index contributed by atoms with van der Waals surface area (Å²) in [5, 5.41) is 0.587. The van der Waals surface area contributed by atoms with E-state index < -0.39 is 5.92 Å². The Labute approximate surface area is 160 Å². The van der Waals surface area contributed by atoms with Crippen LogP contribution in [0.3, 0.4) is 0 Å². The van der Waals surface area contributed by atoms with Crippen molar-refractivity contribution in [2.75, 3.05) is 18.6 Å². The summed E-state index contributed by atoms with van der Waals surface area (Å²) < 4.78 is 10.6. The van der Waals surface area contributed by atoms with Gasteiger partial charge in [0.1, 0.15) is 5.52 Å². The van der Waals surface area contributed by atoms with Gasteiger partial charge in [0.25, 0.3) is 0 Å². The quantitative estimate of drug-likeness (QED) is 0.638. The summed E-state index contributed by atoms with van der Waals surface area (Å²) in [6, 6.07) is 10.9. The van der Waals surface area contributed by atoms with Gasteiger partial charge in [-0.2, -0.15) is 0 Å². The van der Waals surface area contributed by atoms with Crippen LogP contribution in [0.15, 0.2) is 40.8 Å². The lowest BCUT2D eigenvalue weighted by Crippen LogP contribution is -2.27. The van der Waals surface area contributed by atoms with Gasteiger partial charge in [-0.15, -0.1) is 0 Å². The van der Waals surface area contributed by atoms with Crippen molar-refractivity contribution in [2.45, 2.75) is 13.3 Å². The van der Waals surface area contributed by atoms with Crippen LogP contribution in [-0.4, -0.2) is 30.5 Å². The average Bonchev–Trinajstić information content (AvgIpc) is 3.24. The standard InChI is InChI=1S/C20H17ClN2O4/c1-11-14(19-22-15-9-13(21)6-7-17(15)27-19)4-3-5-16(11)23-10-12(8-18(23)24)20(25)26-2/h3-7,9,12H,8,10H2,1-2H3/t12-/m0/s1. The summed E-state index contributed by atoms with van der Waals surface area (Å²) in [5.41, 5.74) is 3.69. The largest absolute Gasteiger partial charge is 0.469 e. The number of oxazole rings is 1. The predicted molar refractivity (Wildman–Crippen MR) is 102 cm³/mol. The van der Waals surface area contributed by atoms with E-state index in [0.717, 1.165) is 16.8 Å². The van der Waals surface area contributed by atoms with Crippen LogP contribution < -0.4 is 4.90 Å². The molecule has 1 fully saturated rings. The Morgan fingerprint density at radius 1 is 1.33 bits per heavy atom. The van der Waals surface area contributed by atoms with Crippen molar-refractivity contribution in [3.05, 3.63) is 47.0 Å². The second kappa shape index (κ2) is 6.70. The van der Waals surface area contributed by atoms with Crippen LogP contribution in [0.1, 0.15) is 12.0 Å².